The van der Waals surface area contributed by atoms with E-state index in [1.165, 1.54) is 16.5 Å². The summed E-state index contributed by atoms with van der Waals surface area (Å²) in [7, 11) is 2.04. The van der Waals surface area contributed by atoms with Crippen LogP contribution in [0, 0.1) is 10.8 Å². The van der Waals surface area contributed by atoms with Crippen LogP contribution in [0.25, 0.3) is 0 Å². The predicted octanol–water partition coefficient (Wildman–Crippen LogP) is 4.38. The van der Waals surface area contributed by atoms with Crippen LogP contribution in [0.3, 0.4) is 0 Å². The van der Waals surface area contributed by atoms with Gasteiger partial charge in [0.2, 0.25) is 0 Å². The van der Waals surface area contributed by atoms with Gasteiger partial charge in [0.05, 0.1) is 0 Å². The van der Waals surface area contributed by atoms with E-state index in [2.05, 4.69) is 69.5 Å². The largest absolute Gasteiger partial charge is 0.391 e. The van der Waals surface area contributed by atoms with Crippen molar-refractivity contribution in [1.29, 1.82) is 0 Å². The maximum Gasteiger partial charge on any atom is 0.0156 e. The van der Waals surface area contributed by atoms with Gasteiger partial charge in [-0.3, -0.25) is 0 Å². The molecule has 0 rings (SSSR count). The summed E-state index contributed by atoms with van der Waals surface area (Å²) in [5.41, 5.74) is 3.44. The Morgan fingerprint density at radius 2 is 1.47 bits per heavy atom. The molecule has 0 spiro atoms. The highest BCUT2D eigenvalue weighted by Crippen LogP contribution is 2.36. The van der Waals surface area contributed by atoms with Crippen LogP contribution < -0.4 is 5.32 Å². The summed E-state index contributed by atoms with van der Waals surface area (Å²) in [4.78, 5) is 0. The van der Waals surface area contributed by atoms with Gasteiger partial charge in [0.25, 0.3) is 0 Å². The number of alkyl halides is 1. The minimum absolute atomic E-state index is 0.211. The molecule has 0 radical (unpaired) electrons. The second kappa shape index (κ2) is 5.55. The van der Waals surface area contributed by atoms with Gasteiger partial charge in [-0.2, -0.15) is 0 Å². The average Bonchev–Trinajstić information content (AvgIpc) is 2.00. The van der Waals surface area contributed by atoms with Crippen molar-refractivity contribution >= 4 is 22.6 Å². The molecule has 0 aliphatic heterocycles. The van der Waals surface area contributed by atoms with Crippen LogP contribution in [-0.2, 0) is 0 Å². The van der Waals surface area contributed by atoms with Gasteiger partial charge in [0.15, 0.2) is 0 Å². The van der Waals surface area contributed by atoms with Crippen LogP contribution in [0.4, 0.5) is 0 Å². The SMILES string of the molecule is CN/C(=C(\CCI)C(C)(C)C)C(C)(C)C. The van der Waals surface area contributed by atoms with Crippen LogP contribution in [-0.4, -0.2) is 11.5 Å². The smallest absolute Gasteiger partial charge is 0.0156 e. The van der Waals surface area contributed by atoms with Crippen LogP contribution >= 0.6 is 22.6 Å². The first-order chi connectivity index (χ1) is 6.64. The zero-order valence-corrected chi connectivity index (χ0v) is 13.4. The molecule has 0 bridgehead atoms. The Balaban J connectivity index is 5.39. The molecule has 0 aliphatic rings. The fourth-order valence-electron chi connectivity index (χ4n) is 1.95. The zero-order chi connectivity index (χ0) is 12.3. The lowest BCUT2D eigenvalue weighted by molar-refractivity contribution is 0.414. The van der Waals surface area contributed by atoms with Crippen molar-refractivity contribution in [3.63, 3.8) is 0 Å². The average molecular weight is 323 g/mol. The van der Waals surface area contributed by atoms with Gasteiger partial charge in [0, 0.05) is 22.6 Å². The molecule has 0 saturated heterocycles. The number of hydrogen-bond acceptors (Lipinski definition) is 1. The fraction of sp³-hybridized carbons (Fsp3) is 0.846. The van der Waals surface area contributed by atoms with Crippen molar-refractivity contribution < 1.29 is 0 Å². The minimum Gasteiger partial charge on any atom is -0.391 e. The van der Waals surface area contributed by atoms with E-state index < -0.39 is 0 Å². The van der Waals surface area contributed by atoms with Gasteiger partial charge in [-0.15, -0.1) is 0 Å². The van der Waals surface area contributed by atoms with E-state index in [0.717, 1.165) is 0 Å². The third kappa shape index (κ3) is 4.75. The van der Waals surface area contributed by atoms with Crippen molar-refractivity contribution in [2.45, 2.75) is 48.0 Å². The van der Waals surface area contributed by atoms with Crippen LogP contribution in [0.1, 0.15) is 48.0 Å². The summed E-state index contributed by atoms with van der Waals surface area (Å²) in [5, 5.41) is 3.41. The maximum absolute atomic E-state index is 3.41. The van der Waals surface area contributed by atoms with Gasteiger partial charge < -0.3 is 5.32 Å². The van der Waals surface area contributed by atoms with Gasteiger partial charge >= 0.3 is 0 Å². The van der Waals surface area contributed by atoms with Gasteiger partial charge in [-0.1, -0.05) is 64.1 Å². The third-order valence-electron chi connectivity index (χ3n) is 2.55. The van der Waals surface area contributed by atoms with Crippen molar-refractivity contribution in [1.82, 2.24) is 5.32 Å². The monoisotopic (exact) mass is 323 g/mol. The van der Waals surface area contributed by atoms with Crippen molar-refractivity contribution in [3.8, 4) is 0 Å². The lowest BCUT2D eigenvalue weighted by Gasteiger charge is -2.33. The Bertz CT molecular complexity index is 228. The molecule has 0 heterocycles. The normalized spacial score (nSPS) is 14.9. The number of allylic oxidation sites excluding steroid dienone is 2. The first kappa shape index (κ1) is 15.3. The molecule has 2 heteroatoms. The Morgan fingerprint density at radius 1 is 1.00 bits per heavy atom. The van der Waals surface area contributed by atoms with E-state index in [9.17, 15) is 0 Å². The van der Waals surface area contributed by atoms with Gasteiger partial charge in [-0.25, -0.2) is 0 Å². The summed E-state index contributed by atoms with van der Waals surface area (Å²) < 4.78 is 1.19. The molecule has 0 amide bonds. The standard InChI is InChI=1S/C13H26IN/c1-12(2,3)10(8-9-14)11(15-7)13(4,5)6/h15H,8-9H2,1-7H3/b11-10+. The lowest BCUT2D eigenvalue weighted by Crippen LogP contribution is -2.27. The summed E-state index contributed by atoms with van der Waals surface area (Å²) in [6.07, 6.45) is 1.18. The minimum atomic E-state index is 0.211. The number of halogens is 1. The number of nitrogens with one attached hydrogen (secondary N) is 1. The summed E-state index contributed by atoms with van der Waals surface area (Å²) >= 11 is 2.46. The third-order valence-corrected chi connectivity index (χ3v) is 3.09. The lowest BCUT2D eigenvalue weighted by atomic mass is 9.77. The van der Waals surface area contributed by atoms with E-state index in [4.69, 9.17) is 0 Å². The van der Waals surface area contributed by atoms with Crippen molar-refractivity contribution in [2.75, 3.05) is 11.5 Å². The maximum atomic E-state index is 3.41. The molecule has 15 heavy (non-hydrogen) atoms. The van der Waals surface area contributed by atoms with E-state index >= 15 is 0 Å². The topological polar surface area (TPSA) is 12.0 Å². The first-order valence-electron chi connectivity index (χ1n) is 5.62. The molecular formula is C13H26IN. The van der Waals surface area contributed by atoms with Crippen molar-refractivity contribution in [3.05, 3.63) is 11.3 Å². The van der Waals surface area contributed by atoms with Crippen LogP contribution in [0.2, 0.25) is 0 Å². The Labute approximate surface area is 109 Å². The summed E-state index contributed by atoms with van der Waals surface area (Å²) in [6.45, 7) is 13.7. The highest BCUT2D eigenvalue weighted by Gasteiger charge is 2.26. The molecule has 0 aromatic heterocycles. The molecular weight excluding hydrogens is 297 g/mol. The zero-order valence-electron chi connectivity index (χ0n) is 11.3. The summed E-state index contributed by atoms with van der Waals surface area (Å²) in [5.74, 6) is 0. The van der Waals surface area contributed by atoms with E-state index in [-0.39, 0.29) is 10.8 Å². The Hall–Kier alpha value is 0.270. The molecule has 0 aromatic rings. The highest BCUT2D eigenvalue weighted by molar-refractivity contribution is 14.1. The van der Waals surface area contributed by atoms with E-state index in [1.54, 1.807) is 5.57 Å². The molecule has 0 aliphatic carbocycles. The molecule has 0 unspecified atom stereocenters. The molecule has 0 fully saturated rings. The number of hydrogen-bond donors (Lipinski definition) is 1. The van der Waals surface area contributed by atoms with E-state index in [0.29, 0.717) is 0 Å². The molecule has 0 aromatic carbocycles. The Morgan fingerprint density at radius 3 is 1.67 bits per heavy atom. The van der Waals surface area contributed by atoms with Gasteiger partial charge in [-0.05, 0) is 17.4 Å². The molecule has 0 saturated carbocycles. The first-order valence-corrected chi connectivity index (χ1v) is 7.15. The summed E-state index contributed by atoms with van der Waals surface area (Å²) in [6, 6.07) is 0. The molecule has 1 N–H and O–H groups in total. The quantitative estimate of drug-likeness (QED) is 0.600. The highest BCUT2D eigenvalue weighted by atomic mass is 127. The Kier molecular flexibility index (Phi) is 5.65. The molecule has 1 nitrogen and oxygen atoms in total. The van der Waals surface area contributed by atoms with Crippen LogP contribution in [0.15, 0.2) is 11.3 Å². The molecule has 90 valence electrons. The van der Waals surface area contributed by atoms with Gasteiger partial charge in [0.1, 0.15) is 0 Å². The second-order valence-electron chi connectivity index (χ2n) is 6.04. The van der Waals surface area contributed by atoms with E-state index in [1.807, 2.05) is 7.05 Å². The molecule has 0 atom stereocenters. The number of rotatable bonds is 3. The predicted molar refractivity (Wildman–Crippen MR) is 78.5 cm³/mol. The van der Waals surface area contributed by atoms with Crippen molar-refractivity contribution in [2.24, 2.45) is 10.8 Å². The fourth-order valence-corrected chi connectivity index (χ4v) is 2.49. The second-order valence-corrected chi connectivity index (χ2v) is 7.12. The van der Waals surface area contributed by atoms with Crippen LogP contribution in [0.5, 0.6) is 0 Å².